The highest BCUT2D eigenvalue weighted by atomic mass is 16.2. The van der Waals surface area contributed by atoms with Gasteiger partial charge >= 0.3 is 0 Å². The summed E-state index contributed by atoms with van der Waals surface area (Å²) in [4.78, 5) is 16.9. The van der Waals surface area contributed by atoms with Crippen molar-refractivity contribution in [1.82, 2.24) is 24.9 Å². The number of hydrogen-bond donors (Lipinski definition) is 0. The number of hydrogen-bond acceptors (Lipinski definition) is 5. The summed E-state index contributed by atoms with van der Waals surface area (Å²) in [7, 11) is 0. The Kier molecular flexibility index (Phi) is 4.58. The minimum atomic E-state index is 0.107. The highest BCUT2D eigenvalue weighted by Crippen LogP contribution is 2.18. The molecule has 1 amide bonds. The van der Waals surface area contributed by atoms with E-state index in [9.17, 15) is 4.79 Å². The average molecular weight is 362 g/mol. The highest BCUT2D eigenvalue weighted by Gasteiger charge is 2.24. The van der Waals surface area contributed by atoms with Crippen LogP contribution in [0.4, 0.5) is 5.82 Å². The van der Waals surface area contributed by atoms with Crippen LogP contribution in [0.3, 0.4) is 0 Å². The largest absolute Gasteiger partial charge is 0.352 e. The maximum absolute atomic E-state index is 12.9. The van der Waals surface area contributed by atoms with E-state index in [0.717, 1.165) is 35.6 Å². The van der Waals surface area contributed by atoms with Gasteiger partial charge in [-0.3, -0.25) is 4.79 Å². The lowest BCUT2D eigenvalue weighted by molar-refractivity contribution is 0.0745. The molecule has 138 valence electrons. The first-order chi connectivity index (χ1) is 13.1. The SMILES string of the molecule is Cc1ccc(C)c(C(=O)N2CCN(c3ccc(-n4cccn4)nn3)CC2)c1. The standard InChI is InChI=1S/C20H22N6O/c1-15-4-5-16(2)17(14-15)20(27)25-12-10-24(11-13-25)18-6-7-19(23-22-18)26-9-3-8-21-26/h3-9,14H,10-13H2,1-2H3. The van der Waals surface area contributed by atoms with Gasteiger partial charge in [-0.25, -0.2) is 4.68 Å². The first-order valence-corrected chi connectivity index (χ1v) is 9.07. The van der Waals surface area contributed by atoms with Crippen LogP contribution in [0.25, 0.3) is 5.82 Å². The second kappa shape index (κ2) is 7.19. The Labute approximate surface area is 158 Å². The maximum Gasteiger partial charge on any atom is 0.254 e. The molecular formula is C20H22N6O. The summed E-state index contributed by atoms with van der Waals surface area (Å²) in [6.07, 6.45) is 3.54. The molecule has 3 aromatic rings. The van der Waals surface area contributed by atoms with Gasteiger partial charge in [0.15, 0.2) is 11.6 Å². The van der Waals surface area contributed by atoms with Gasteiger partial charge in [-0.1, -0.05) is 17.7 Å². The van der Waals surface area contributed by atoms with E-state index in [1.165, 1.54) is 0 Å². The van der Waals surface area contributed by atoms with Crippen LogP contribution in [0.2, 0.25) is 0 Å². The predicted octanol–water partition coefficient (Wildman–Crippen LogP) is 2.24. The fourth-order valence-corrected chi connectivity index (χ4v) is 3.29. The summed E-state index contributed by atoms with van der Waals surface area (Å²) in [6, 6.07) is 11.7. The topological polar surface area (TPSA) is 67.2 Å². The molecule has 7 nitrogen and oxygen atoms in total. The molecule has 1 fully saturated rings. The summed E-state index contributed by atoms with van der Waals surface area (Å²) in [5.41, 5.74) is 2.93. The fraction of sp³-hybridized carbons (Fsp3) is 0.300. The fourth-order valence-electron chi connectivity index (χ4n) is 3.29. The first-order valence-electron chi connectivity index (χ1n) is 9.07. The minimum Gasteiger partial charge on any atom is -0.352 e. The number of nitrogens with zero attached hydrogens (tertiary/aromatic N) is 6. The van der Waals surface area contributed by atoms with E-state index in [-0.39, 0.29) is 5.91 Å². The minimum absolute atomic E-state index is 0.107. The monoisotopic (exact) mass is 362 g/mol. The normalized spacial score (nSPS) is 14.4. The number of carbonyl (C=O) groups is 1. The Morgan fingerprint density at radius 2 is 1.70 bits per heavy atom. The maximum atomic E-state index is 12.9. The van der Waals surface area contributed by atoms with Crippen LogP contribution in [-0.2, 0) is 0 Å². The van der Waals surface area contributed by atoms with Crippen molar-refractivity contribution >= 4 is 11.7 Å². The van der Waals surface area contributed by atoms with E-state index in [1.807, 2.05) is 61.3 Å². The molecule has 27 heavy (non-hydrogen) atoms. The van der Waals surface area contributed by atoms with Gasteiger partial charge in [0.25, 0.3) is 5.91 Å². The van der Waals surface area contributed by atoms with E-state index < -0.39 is 0 Å². The van der Waals surface area contributed by atoms with Crippen molar-refractivity contribution in [2.24, 2.45) is 0 Å². The molecule has 0 N–H and O–H groups in total. The van der Waals surface area contributed by atoms with Crippen LogP contribution in [0.5, 0.6) is 0 Å². The molecule has 4 rings (SSSR count). The van der Waals surface area contributed by atoms with E-state index in [0.29, 0.717) is 18.9 Å². The zero-order valence-corrected chi connectivity index (χ0v) is 15.5. The van der Waals surface area contributed by atoms with Crippen molar-refractivity contribution < 1.29 is 4.79 Å². The highest BCUT2D eigenvalue weighted by molar-refractivity contribution is 5.96. The summed E-state index contributed by atoms with van der Waals surface area (Å²) in [6.45, 7) is 6.84. The molecule has 7 heteroatoms. The average Bonchev–Trinajstić information content (AvgIpc) is 3.24. The Morgan fingerprint density at radius 1 is 0.963 bits per heavy atom. The van der Waals surface area contributed by atoms with Gasteiger partial charge in [-0.2, -0.15) is 5.10 Å². The molecule has 0 atom stereocenters. The number of anilines is 1. The quantitative estimate of drug-likeness (QED) is 0.715. The summed E-state index contributed by atoms with van der Waals surface area (Å²) in [5, 5.41) is 12.7. The molecule has 0 radical (unpaired) electrons. The number of aromatic nitrogens is 4. The van der Waals surface area contributed by atoms with Crippen molar-refractivity contribution in [3.05, 3.63) is 65.5 Å². The Morgan fingerprint density at radius 3 is 2.37 bits per heavy atom. The number of rotatable bonds is 3. The van der Waals surface area contributed by atoms with Crippen LogP contribution in [0.1, 0.15) is 21.5 Å². The number of aryl methyl sites for hydroxylation is 2. The number of benzene rings is 1. The third-order valence-electron chi connectivity index (χ3n) is 4.89. The Bertz CT molecular complexity index is 928. The van der Waals surface area contributed by atoms with Gasteiger partial charge in [0.1, 0.15) is 0 Å². The van der Waals surface area contributed by atoms with Gasteiger partial charge in [0, 0.05) is 44.1 Å². The molecular weight excluding hydrogens is 340 g/mol. The van der Waals surface area contributed by atoms with Gasteiger partial charge in [0.2, 0.25) is 0 Å². The molecule has 0 saturated carbocycles. The zero-order valence-electron chi connectivity index (χ0n) is 15.5. The second-order valence-corrected chi connectivity index (χ2v) is 6.80. The number of carbonyl (C=O) groups excluding carboxylic acids is 1. The molecule has 1 aliphatic heterocycles. The predicted molar refractivity (Wildman–Crippen MR) is 103 cm³/mol. The van der Waals surface area contributed by atoms with Crippen molar-refractivity contribution in [3.8, 4) is 5.82 Å². The summed E-state index contributed by atoms with van der Waals surface area (Å²) in [5.74, 6) is 1.62. The van der Waals surface area contributed by atoms with Crippen LogP contribution < -0.4 is 4.90 Å². The second-order valence-electron chi connectivity index (χ2n) is 6.80. The van der Waals surface area contributed by atoms with Gasteiger partial charge in [-0.05, 0) is 43.7 Å². The van der Waals surface area contributed by atoms with E-state index in [2.05, 4.69) is 20.2 Å². The van der Waals surface area contributed by atoms with Crippen molar-refractivity contribution in [2.75, 3.05) is 31.1 Å². The van der Waals surface area contributed by atoms with E-state index in [4.69, 9.17) is 0 Å². The Hall–Kier alpha value is -3.22. The third-order valence-corrected chi connectivity index (χ3v) is 4.89. The zero-order chi connectivity index (χ0) is 18.8. The molecule has 0 unspecified atom stereocenters. The van der Waals surface area contributed by atoms with E-state index >= 15 is 0 Å². The molecule has 0 bridgehead atoms. The molecule has 1 aromatic carbocycles. The van der Waals surface area contributed by atoms with Crippen LogP contribution in [0, 0.1) is 13.8 Å². The van der Waals surface area contributed by atoms with E-state index in [1.54, 1.807) is 10.9 Å². The lowest BCUT2D eigenvalue weighted by Gasteiger charge is -2.35. The Balaban J connectivity index is 1.41. The van der Waals surface area contributed by atoms with Crippen molar-refractivity contribution in [3.63, 3.8) is 0 Å². The number of piperazine rings is 1. The van der Waals surface area contributed by atoms with Gasteiger partial charge in [-0.15, -0.1) is 10.2 Å². The summed E-state index contributed by atoms with van der Waals surface area (Å²) < 4.78 is 1.68. The molecule has 1 saturated heterocycles. The lowest BCUT2D eigenvalue weighted by atomic mass is 10.0. The van der Waals surface area contributed by atoms with Crippen molar-refractivity contribution in [1.29, 1.82) is 0 Å². The van der Waals surface area contributed by atoms with Crippen LogP contribution in [0.15, 0.2) is 48.8 Å². The molecule has 1 aliphatic rings. The third kappa shape index (κ3) is 3.53. The lowest BCUT2D eigenvalue weighted by Crippen LogP contribution is -2.49. The van der Waals surface area contributed by atoms with Crippen LogP contribution >= 0.6 is 0 Å². The van der Waals surface area contributed by atoms with Gasteiger partial charge < -0.3 is 9.80 Å². The molecule has 3 heterocycles. The molecule has 0 aliphatic carbocycles. The van der Waals surface area contributed by atoms with Gasteiger partial charge in [0.05, 0.1) is 0 Å². The number of amides is 1. The smallest absolute Gasteiger partial charge is 0.254 e. The summed E-state index contributed by atoms with van der Waals surface area (Å²) >= 11 is 0. The van der Waals surface area contributed by atoms with Crippen LogP contribution in [-0.4, -0.2) is 57.0 Å². The molecule has 0 spiro atoms. The van der Waals surface area contributed by atoms with Crippen molar-refractivity contribution in [2.45, 2.75) is 13.8 Å². The first kappa shape index (κ1) is 17.2. The molecule has 2 aromatic heterocycles.